The van der Waals surface area contributed by atoms with Crippen molar-refractivity contribution in [1.29, 1.82) is 0 Å². The first kappa shape index (κ1) is 19.3. The largest absolute Gasteiger partial charge is 0.493 e. The quantitative estimate of drug-likeness (QED) is 0.586. The van der Waals surface area contributed by atoms with Crippen LogP contribution in [-0.4, -0.2) is 43.7 Å². The Hall–Kier alpha value is -3.48. The van der Waals surface area contributed by atoms with Crippen LogP contribution in [0.15, 0.2) is 42.5 Å². The zero-order valence-electron chi connectivity index (χ0n) is 16.1. The SMILES string of the molecule is COc1cc(/C=C/C(=O)NCCc2nc3ccccc3[nH]2)cc(OC)c1OC. The number of rotatable bonds is 8. The summed E-state index contributed by atoms with van der Waals surface area (Å²) in [5, 5.41) is 2.85. The van der Waals surface area contributed by atoms with E-state index in [1.165, 1.54) is 6.08 Å². The molecule has 0 saturated carbocycles. The molecule has 2 N–H and O–H groups in total. The van der Waals surface area contributed by atoms with Crippen molar-refractivity contribution < 1.29 is 19.0 Å². The van der Waals surface area contributed by atoms with Gasteiger partial charge in [-0.2, -0.15) is 0 Å². The number of H-pyrrole nitrogens is 1. The van der Waals surface area contributed by atoms with Crippen LogP contribution in [0.1, 0.15) is 11.4 Å². The molecule has 3 aromatic rings. The Morgan fingerprint density at radius 3 is 2.46 bits per heavy atom. The highest BCUT2D eigenvalue weighted by Gasteiger charge is 2.12. The Morgan fingerprint density at radius 2 is 1.82 bits per heavy atom. The number of aromatic amines is 1. The Morgan fingerprint density at radius 1 is 1.11 bits per heavy atom. The molecule has 2 aromatic carbocycles. The van der Waals surface area contributed by atoms with Crippen molar-refractivity contribution in [3.05, 3.63) is 53.9 Å². The molecule has 7 nitrogen and oxygen atoms in total. The first-order valence-corrected chi connectivity index (χ1v) is 8.84. The fourth-order valence-corrected chi connectivity index (χ4v) is 2.86. The number of fused-ring (bicyclic) bond motifs is 1. The van der Waals surface area contributed by atoms with Gasteiger partial charge in [0.15, 0.2) is 11.5 Å². The maximum absolute atomic E-state index is 12.1. The summed E-state index contributed by atoms with van der Waals surface area (Å²) in [5.74, 6) is 2.23. The van der Waals surface area contributed by atoms with E-state index in [9.17, 15) is 4.79 Å². The van der Waals surface area contributed by atoms with E-state index in [1.807, 2.05) is 24.3 Å². The molecule has 0 aliphatic carbocycles. The Kier molecular flexibility index (Phi) is 6.16. The molecule has 0 spiro atoms. The Balaban J connectivity index is 1.59. The van der Waals surface area contributed by atoms with E-state index in [-0.39, 0.29) is 5.91 Å². The minimum Gasteiger partial charge on any atom is -0.493 e. The Bertz CT molecular complexity index is 936. The van der Waals surface area contributed by atoms with Gasteiger partial charge >= 0.3 is 0 Å². The van der Waals surface area contributed by atoms with Crippen LogP contribution in [0.2, 0.25) is 0 Å². The summed E-state index contributed by atoms with van der Waals surface area (Å²) in [6.07, 6.45) is 3.79. The average molecular weight is 381 g/mol. The predicted octanol–water partition coefficient (Wildman–Crippen LogP) is 2.96. The lowest BCUT2D eigenvalue weighted by atomic mass is 10.1. The lowest BCUT2D eigenvalue weighted by molar-refractivity contribution is -0.116. The molecule has 1 amide bonds. The number of amides is 1. The molecule has 0 saturated heterocycles. The van der Waals surface area contributed by atoms with Gasteiger partial charge in [-0.25, -0.2) is 4.98 Å². The molecule has 0 aliphatic rings. The van der Waals surface area contributed by atoms with Gasteiger partial charge < -0.3 is 24.5 Å². The standard InChI is InChI=1S/C21H23N3O4/c1-26-17-12-14(13-18(27-2)21(17)28-3)8-9-20(25)22-11-10-19-23-15-6-4-5-7-16(15)24-19/h4-9,12-13H,10-11H2,1-3H3,(H,22,25)(H,23,24)/b9-8+. The molecule has 28 heavy (non-hydrogen) atoms. The smallest absolute Gasteiger partial charge is 0.244 e. The number of imidazole rings is 1. The second-order valence-electron chi connectivity index (χ2n) is 6.03. The van der Waals surface area contributed by atoms with E-state index in [2.05, 4.69) is 15.3 Å². The molecular weight excluding hydrogens is 358 g/mol. The van der Waals surface area contributed by atoms with E-state index in [0.29, 0.717) is 30.2 Å². The highest BCUT2D eigenvalue weighted by atomic mass is 16.5. The monoisotopic (exact) mass is 381 g/mol. The summed E-state index contributed by atoms with van der Waals surface area (Å²) in [5.41, 5.74) is 2.68. The molecule has 1 aromatic heterocycles. The maximum Gasteiger partial charge on any atom is 0.244 e. The molecule has 0 bridgehead atoms. The molecule has 0 aliphatic heterocycles. The van der Waals surface area contributed by atoms with Crippen molar-refractivity contribution in [2.24, 2.45) is 0 Å². The number of ether oxygens (including phenoxy) is 3. The van der Waals surface area contributed by atoms with Crippen LogP contribution in [0.3, 0.4) is 0 Å². The van der Waals surface area contributed by atoms with Crippen LogP contribution >= 0.6 is 0 Å². The summed E-state index contributed by atoms with van der Waals surface area (Å²) in [4.78, 5) is 19.8. The van der Waals surface area contributed by atoms with Crippen LogP contribution < -0.4 is 19.5 Å². The fourth-order valence-electron chi connectivity index (χ4n) is 2.86. The van der Waals surface area contributed by atoms with Crippen molar-refractivity contribution in [3.8, 4) is 17.2 Å². The summed E-state index contributed by atoms with van der Waals surface area (Å²) >= 11 is 0. The minimum atomic E-state index is -0.190. The first-order chi connectivity index (χ1) is 13.6. The number of hydrogen-bond donors (Lipinski definition) is 2. The van der Waals surface area contributed by atoms with Crippen LogP contribution in [0, 0.1) is 0 Å². The van der Waals surface area contributed by atoms with Crippen molar-refractivity contribution in [1.82, 2.24) is 15.3 Å². The third kappa shape index (κ3) is 4.43. The second-order valence-corrected chi connectivity index (χ2v) is 6.03. The van der Waals surface area contributed by atoms with Gasteiger partial charge in [-0.05, 0) is 35.9 Å². The molecule has 0 unspecified atom stereocenters. The van der Waals surface area contributed by atoms with Crippen LogP contribution in [0.25, 0.3) is 17.1 Å². The third-order valence-electron chi connectivity index (χ3n) is 4.21. The Labute approximate surface area is 163 Å². The van der Waals surface area contributed by atoms with Gasteiger partial charge in [0.05, 0.1) is 32.4 Å². The number of para-hydroxylation sites is 2. The van der Waals surface area contributed by atoms with Gasteiger partial charge in [-0.1, -0.05) is 12.1 Å². The molecule has 146 valence electrons. The van der Waals surface area contributed by atoms with Gasteiger partial charge in [0.2, 0.25) is 11.7 Å². The second kappa shape index (κ2) is 8.94. The van der Waals surface area contributed by atoms with Gasteiger partial charge in [0, 0.05) is 19.0 Å². The van der Waals surface area contributed by atoms with E-state index in [4.69, 9.17) is 14.2 Å². The van der Waals surface area contributed by atoms with Gasteiger partial charge in [0.1, 0.15) is 5.82 Å². The molecule has 3 rings (SSSR count). The van der Waals surface area contributed by atoms with Crippen LogP contribution in [0.5, 0.6) is 17.2 Å². The molecule has 7 heteroatoms. The highest BCUT2D eigenvalue weighted by molar-refractivity contribution is 5.91. The third-order valence-corrected chi connectivity index (χ3v) is 4.21. The number of benzene rings is 2. The van der Waals surface area contributed by atoms with Crippen molar-refractivity contribution in [2.45, 2.75) is 6.42 Å². The number of methoxy groups -OCH3 is 3. The van der Waals surface area contributed by atoms with E-state index >= 15 is 0 Å². The van der Waals surface area contributed by atoms with Crippen LogP contribution in [-0.2, 0) is 11.2 Å². The van der Waals surface area contributed by atoms with Gasteiger partial charge in [-0.15, -0.1) is 0 Å². The van der Waals surface area contributed by atoms with Gasteiger partial charge in [0.25, 0.3) is 0 Å². The first-order valence-electron chi connectivity index (χ1n) is 8.84. The summed E-state index contributed by atoms with van der Waals surface area (Å²) in [6.45, 7) is 0.484. The topological polar surface area (TPSA) is 85.5 Å². The number of carbonyl (C=O) groups is 1. The number of carbonyl (C=O) groups excluding carboxylic acids is 1. The normalized spacial score (nSPS) is 11.0. The van der Waals surface area contributed by atoms with Crippen molar-refractivity contribution >= 4 is 23.0 Å². The van der Waals surface area contributed by atoms with Crippen LogP contribution in [0.4, 0.5) is 0 Å². The molecular formula is C21H23N3O4. The zero-order chi connectivity index (χ0) is 19.9. The minimum absolute atomic E-state index is 0.190. The summed E-state index contributed by atoms with van der Waals surface area (Å²) in [7, 11) is 4.65. The maximum atomic E-state index is 12.1. The molecule has 0 atom stereocenters. The molecule has 0 radical (unpaired) electrons. The van der Waals surface area contributed by atoms with Crippen molar-refractivity contribution in [3.63, 3.8) is 0 Å². The number of nitrogens with zero attached hydrogens (tertiary/aromatic N) is 1. The number of nitrogens with one attached hydrogen (secondary N) is 2. The predicted molar refractivity (Wildman–Crippen MR) is 108 cm³/mol. The summed E-state index contributed by atoms with van der Waals surface area (Å²) in [6, 6.07) is 11.4. The summed E-state index contributed by atoms with van der Waals surface area (Å²) < 4.78 is 15.9. The number of aromatic nitrogens is 2. The fraction of sp³-hybridized carbons (Fsp3) is 0.238. The van der Waals surface area contributed by atoms with E-state index in [0.717, 1.165) is 22.4 Å². The lowest BCUT2D eigenvalue weighted by Gasteiger charge is -2.12. The zero-order valence-corrected chi connectivity index (χ0v) is 16.1. The highest BCUT2D eigenvalue weighted by Crippen LogP contribution is 2.38. The van der Waals surface area contributed by atoms with E-state index < -0.39 is 0 Å². The molecule has 0 fully saturated rings. The number of hydrogen-bond acceptors (Lipinski definition) is 5. The van der Waals surface area contributed by atoms with E-state index in [1.54, 1.807) is 39.5 Å². The van der Waals surface area contributed by atoms with Crippen molar-refractivity contribution in [2.75, 3.05) is 27.9 Å². The average Bonchev–Trinajstić information content (AvgIpc) is 3.14. The molecule has 1 heterocycles. The lowest BCUT2D eigenvalue weighted by Crippen LogP contribution is -2.23. The van der Waals surface area contributed by atoms with Gasteiger partial charge in [-0.3, -0.25) is 4.79 Å².